The van der Waals surface area contributed by atoms with Gasteiger partial charge in [0.2, 0.25) is 0 Å². The van der Waals surface area contributed by atoms with Gasteiger partial charge in [0.1, 0.15) is 5.82 Å². The Balaban J connectivity index is 2.03. The van der Waals surface area contributed by atoms with Gasteiger partial charge in [-0.2, -0.15) is 0 Å². The van der Waals surface area contributed by atoms with Gasteiger partial charge in [0, 0.05) is 11.6 Å². The molecule has 0 bridgehead atoms. The lowest BCUT2D eigenvalue weighted by atomic mass is 9.91. The fourth-order valence-electron chi connectivity index (χ4n) is 2.58. The van der Waals surface area contributed by atoms with Crippen molar-refractivity contribution in [1.82, 2.24) is 4.90 Å². The third kappa shape index (κ3) is 2.96. The Labute approximate surface area is 108 Å². The Bertz CT molecular complexity index is 432. The molecule has 0 spiro atoms. The number of carbonyl (C=O) groups excluding carboxylic acids is 1. The van der Waals surface area contributed by atoms with Crippen LogP contribution in [0.1, 0.15) is 37.0 Å². The lowest BCUT2D eigenvalue weighted by Crippen LogP contribution is -2.44. The minimum absolute atomic E-state index is 0.00968. The fourth-order valence-corrected chi connectivity index (χ4v) is 2.58. The predicted molar refractivity (Wildman–Crippen MR) is 70.2 cm³/mol. The number of piperidine rings is 1. The first kappa shape index (κ1) is 13.2. The third-order valence-corrected chi connectivity index (χ3v) is 4.00. The molecule has 1 aliphatic heterocycles. The molecule has 18 heavy (non-hydrogen) atoms. The van der Waals surface area contributed by atoms with Crippen LogP contribution in [0.15, 0.2) is 24.3 Å². The minimum Gasteiger partial charge on any atom is -0.293 e. The number of carbonyl (C=O) groups is 1. The van der Waals surface area contributed by atoms with Crippen LogP contribution < -0.4 is 0 Å². The molecule has 0 N–H and O–H groups in total. The number of benzene rings is 1. The molecule has 2 unspecified atom stereocenters. The lowest BCUT2D eigenvalue weighted by molar-refractivity contribution is 0.0779. The number of rotatable bonds is 3. The average Bonchev–Trinajstić information content (AvgIpc) is 2.35. The zero-order valence-corrected chi connectivity index (χ0v) is 11.0. The van der Waals surface area contributed by atoms with Crippen molar-refractivity contribution in [2.45, 2.75) is 32.7 Å². The monoisotopic (exact) mass is 249 g/mol. The van der Waals surface area contributed by atoms with Gasteiger partial charge in [0.05, 0.1) is 6.54 Å². The standard InChI is InChI=1S/C15H20FNO/c1-11-5-4-8-17(12(11)2)10-15(18)13-6-3-7-14(16)9-13/h3,6-7,9,11-12H,4-5,8,10H2,1-2H3. The van der Waals surface area contributed by atoms with Gasteiger partial charge in [-0.3, -0.25) is 9.69 Å². The molecule has 1 aromatic carbocycles. The number of nitrogens with zero attached hydrogens (tertiary/aromatic N) is 1. The summed E-state index contributed by atoms with van der Waals surface area (Å²) in [5.74, 6) is 0.287. The van der Waals surface area contributed by atoms with Crippen LogP contribution >= 0.6 is 0 Å². The van der Waals surface area contributed by atoms with E-state index in [0.29, 0.717) is 24.1 Å². The van der Waals surface area contributed by atoms with E-state index in [2.05, 4.69) is 18.7 Å². The highest BCUT2D eigenvalue weighted by Gasteiger charge is 2.26. The lowest BCUT2D eigenvalue weighted by Gasteiger charge is -2.37. The molecule has 2 nitrogen and oxygen atoms in total. The van der Waals surface area contributed by atoms with Crippen LogP contribution in [0.5, 0.6) is 0 Å². The number of likely N-dealkylation sites (tertiary alicyclic amines) is 1. The molecule has 0 saturated carbocycles. The number of hydrogen-bond acceptors (Lipinski definition) is 2. The van der Waals surface area contributed by atoms with Crippen molar-refractivity contribution in [1.29, 1.82) is 0 Å². The van der Waals surface area contributed by atoms with Crippen molar-refractivity contribution >= 4 is 5.78 Å². The second kappa shape index (κ2) is 5.61. The zero-order valence-electron chi connectivity index (χ0n) is 11.0. The summed E-state index contributed by atoms with van der Waals surface area (Å²) in [7, 11) is 0. The number of halogens is 1. The van der Waals surface area contributed by atoms with Gasteiger partial charge >= 0.3 is 0 Å². The molecule has 1 heterocycles. The quantitative estimate of drug-likeness (QED) is 0.767. The maximum atomic E-state index is 13.1. The smallest absolute Gasteiger partial charge is 0.176 e. The highest BCUT2D eigenvalue weighted by Crippen LogP contribution is 2.22. The second-order valence-corrected chi connectivity index (χ2v) is 5.26. The van der Waals surface area contributed by atoms with Gasteiger partial charge in [-0.1, -0.05) is 19.1 Å². The minimum atomic E-state index is -0.346. The summed E-state index contributed by atoms with van der Waals surface area (Å²) in [4.78, 5) is 14.3. The molecule has 1 aliphatic rings. The molecule has 2 rings (SSSR count). The van der Waals surface area contributed by atoms with Crippen molar-refractivity contribution in [2.75, 3.05) is 13.1 Å². The number of ketones is 1. The van der Waals surface area contributed by atoms with E-state index in [4.69, 9.17) is 0 Å². The van der Waals surface area contributed by atoms with Crippen LogP contribution in [-0.2, 0) is 0 Å². The van der Waals surface area contributed by atoms with Crippen molar-refractivity contribution in [3.63, 3.8) is 0 Å². The molecule has 0 aliphatic carbocycles. The largest absolute Gasteiger partial charge is 0.293 e. The summed E-state index contributed by atoms with van der Waals surface area (Å²) in [6, 6.07) is 6.38. The van der Waals surface area contributed by atoms with Crippen LogP contribution in [0.2, 0.25) is 0 Å². The first-order valence-corrected chi connectivity index (χ1v) is 6.60. The van der Waals surface area contributed by atoms with Crippen LogP contribution in [0, 0.1) is 11.7 Å². The average molecular weight is 249 g/mol. The van der Waals surface area contributed by atoms with E-state index < -0.39 is 0 Å². The molecular weight excluding hydrogens is 229 g/mol. The molecule has 1 aromatic rings. The molecule has 0 amide bonds. The van der Waals surface area contributed by atoms with E-state index in [9.17, 15) is 9.18 Å². The van der Waals surface area contributed by atoms with Gasteiger partial charge < -0.3 is 0 Å². The Hall–Kier alpha value is -1.22. The van der Waals surface area contributed by atoms with Crippen LogP contribution in [0.25, 0.3) is 0 Å². The SMILES string of the molecule is CC1CCCN(CC(=O)c2cccc(F)c2)C1C. The Morgan fingerprint density at radius 2 is 2.22 bits per heavy atom. The molecule has 1 fully saturated rings. The normalized spacial score (nSPS) is 25.1. The van der Waals surface area contributed by atoms with Crippen molar-refractivity contribution < 1.29 is 9.18 Å². The fraction of sp³-hybridized carbons (Fsp3) is 0.533. The van der Waals surface area contributed by atoms with Gasteiger partial charge in [-0.15, -0.1) is 0 Å². The number of Topliss-reactive ketones (excluding diaryl/α,β-unsaturated/α-hetero) is 1. The molecule has 0 radical (unpaired) electrons. The Morgan fingerprint density at radius 1 is 1.44 bits per heavy atom. The van der Waals surface area contributed by atoms with Crippen molar-refractivity contribution in [3.05, 3.63) is 35.6 Å². The molecule has 2 atom stereocenters. The van der Waals surface area contributed by atoms with E-state index in [-0.39, 0.29) is 11.6 Å². The Morgan fingerprint density at radius 3 is 2.94 bits per heavy atom. The van der Waals surface area contributed by atoms with Gasteiger partial charge in [0.25, 0.3) is 0 Å². The first-order chi connectivity index (χ1) is 8.58. The van der Waals surface area contributed by atoms with Gasteiger partial charge in [-0.05, 0) is 44.4 Å². The maximum absolute atomic E-state index is 13.1. The summed E-state index contributed by atoms with van der Waals surface area (Å²) in [5, 5.41) is 0. The first-order valence-electron chi connectivity index (χ1n) is 6.60. The topological polar surface area (TPSA) is 20.3 Å². The molecular formula is C15H20FNO. The van der Waals surface area contributed by atoms with E-state index in [1.807, 2.05) is 0 Å². The molecule has 0 aromatic heterocycles. The highest BCUT2D eigenvalue weighted by atomic mass is 19.1. The van der Waals surface area contributed by atoms with E-state index in [1.165, 1.54) is 18.6 Å². The number of hydrogen-bond donors (Lipinski definition) is 0. The summed E-state index contributed by atoms with van der Waals surface area (Å²) >= 11 is 0. The zero-order chi connectivity index (χ0) is 13.1. The van der Waals surface area contributed by atoms with Gasteiger partial charge in [-0.25, -0.2) is 4.39 Å². The van der Waals surface area contributed by atoms with E-state index >= 15 is 0 Å². The molecule has 98 valence electrons. The predicted octanol–water partition coefficient (Wildman–Crippen LogP) is 3.13. The molecule has 3 heteroatoms. The van der Waals surface area contributed by atoms with Crippen LogP contribution in [-0.4, -0.2) is 29.8 Å². The van der Waals surface area contributed by atoms with Gasteiger partial charge in [0.15, 0.2) is 5.78 Å². The second-order valence-electron chi connectivity index (χ2n) is 5.26. The summed E-state index contributed by atoms with van der Waals surface area (Å²) in [6.07, 6.45) is 2.37. The maximum Gasteiger partial charge on any atom is 0.176 e. The third-order valence-electron chi connectivity index (χ3n) is 4.00. The van der Waals surface area contributed by atoms with E-state index in [0.717, 1.165) is 13.0 Å². The Kier molecular flexibility index (Phi) is 4.12. The summed E-state index contributed by atoms with van der Waals surface area (Å²) in [6.45, 7) is 5.76. The van der Waals surface area contributed by atoms with Crippen LogP contribution in [0.3, 0.4) is 0 Å². The summed E-state index contributed by atoms with van der Waals surface area (Å²) < 4.78 is 13.1. The van der Waals surface area contributed by atoms with E-state index in [1.54, 1.807) is 12.1 Å². The van der Waals surface area contributed by atoms with Crippen molar-refractivity contribution in [3.8, 4) is 0 Å². The molecule has 1 saturated heterocycles. The van der Waals surface area contributed by atoms with Crippen molar-refractivity contribution in [2.24, 2.45) is 5.92 Å². The van der Waals surface area contributed by atoms with Crippen LogP contribution in [0.4, 0.5) is 4.39 Å². The highest BCUT2D eigenvalue weighted by molar-refractivity contribution is 5.97. The summed E-state index contributed by atoms with van der Waals surface area (Å²) in [5.41, 5.74) is 0.473.